The number of nitrogens with one attached hydrogen (secondary N) is 1. The largest absolute Gasteiger partial charge is 0.355 e. The van der Waals surface area contributed by atoms with Crippen LogP contribution in [0.1, 0.15) is 38.8 Å². The SMILES string of the molecule is CC(C)NCc1cncc(N2CCCCC2)n1. The first-order valence-corrected chi connectivity index (χ1v) is 6.55. The Morgan fingerprint density at radius 1 is 1.24 bits per heavy atom. The van der Waals surface area contributed by atoms with Crippen molar-refractivity contribution in [1.29, 1.82) is 0 Å². The molecule has 0 atom stereocenters. The fraction of sp³-hybridized carbons (Fsp3) is 0.692. The van der Waals surface area contributed by atoms with Gasteiger partial charge in [0.2, 0.25) is 0 Å². The van der Waals surface area contributed by atoms with Gasteiger partial charge in [-0.05, 0) is 19.3 Å². The average molecular weight is 234 g/mol. The van der Waals surface area contributed by atoms with Crippen molar-refractivity contribution in [3.05, 3.63) is 18.1 Å². The van der Waals surface area contributed by atoms with Gasteiger partial charge in [-0.1, -0.05) is 13.8 Å². The Morgan fingerprint density at radius 3 is 2.71 bits per heavy atom. The summed E-state index contributed by atoms with van der Waals surface area (Å²) in [6.45, 7) is 7.32. The molecule has 0 unspecified atom stereocenters. The number of aromatic nitrogens is 2. The van der Waals surface area contributed by atoms with E-state index in [1.807, 2.05) is 12.4 Å². The van der Waals surface area contributed by atoms with E-state index in [9.17, 15) is 0 Å². The Labute approximate surface area is 103 Å². The Bertz CT molecular complexity index is 345. The zero-order chi connectivity index (χ0) is 12.1. The van der Waals surface area contributed by atoms with Crippen molar-refractivity contribution in [3.63, 3.8) is 0 Å². The standard InChI is InChI=1S/C13H22N4/c1-11(2)15-9-12-8-14-10-13(16-12)17-6-4-3-5-7-17/h8,10-11,15H,3-7,9H2,1-2H3. The molecule has 4 heteroatoms. The minimum Gasteiger partial charge on any atom is -0.355 e. The quantitative estimate of drug-likeness (QED) is 0.864. The summed E-state index contributed by atoms with van der Waals surface area (Å²) in [6, 6.07) is 0.482. The van der Waals surface area contributed by atoms with Crippen molar-refractivity contribution in [2.75, 3.05) is 18.0 Å². The van der Waals surface area contributed by atoms with Crippen LogP contribution in [0.2, 0.25) is 0 Å². The molecule has 1 fully saturated rings. The summed E-state index contributed by atoms with van der Waals surface area (Å²) >= 11 is 0. The van der Waals surface area contributed by atoms with Gasteiger partial charge in [-0.15, -0.1) is 0 Å². The first-order chi connectivity index (χ1) is 8.25. The lowest BCUT2D eigenvalue weighted by Gasteiger charge is -2.27. The molecular formula is C13H22N4. The van der Waals surface area contributed by atoms with E-state index in [1.165, 1.54) is 19.3 Å². The molecule has 2 rings (SSSR count). The van der Waals surface area contributed by atoms with Gasteiger partial charge in [0.15, 0.2) is 0 Å². The Kier molecular flexibility index (Phi) is 4.31. The van der Waals surface area contributed by atoms with E-state index in [4.69, 9.17) is 0 Å². The highest BCUT2D eigenvalue weighted by Gasteiger charge is 2.12. The number of nitrogens with zero attached hydrogens (tertiary/aromatic N) is 3. The molecule has 1 aromatic heterocycles. The molecular weight excluding hydrogens is 212 g/mol. The maximum atomic E-state index is 4.67. The van der Waals surface area contributed by atoms with E-state index >= 15 is 0 Å². The van der Waals surface area contributed by atoms with Crippen molar-refractivity contribution in [3.8, 4) is 0 Å². The predicted molar refractivity (Wildman–Crippen MR) is 70.1 cm³/mol. The molecule has 1 N–H and O–H groups in total. The maximum Gasteiger partial charge on any atom is 0.147 e. The predicted octanol–water partition coefficient (Wildman–Crippen LogP) is 1.96. The lowest BCUT2D eigenvalue weighted by atomic mass is 10.1. The second kappa shape index (κ2) is 5.96. The van der Waals surface area contributed by atoms with E-state index in [0.29, 0.717) is 6.04 Å². The van der Waals surface area contributed by atoms with Crippen LogP contribution in [0.15, 0.2) is 12.4 Å². The molecule has 0 amide bonds. The van der Waals surface area contributed by atoms with Crippen LogP contribution in [-0.4, -0.2) is 29.1 Å². The molecule has 94 valence electrons. The summed E-state index contributed by atoms with van der Waals surface area (Å²) in [5.74, 6) is 1.03. The van der Waals surface area contributed by atoms with E-state index in [2.05, 4.69) is 34.0 Å². The molecule has 4 nitrogen and oxygen atoms in total. The highest BCUT2D eigenvalue weighted by molar-refractivity contribution is 5.36. The number of piperidine rings is 1. The van der Waals surface area contributed by atoms with Gasteiger partial charge in [0.1, 0.15) is 5.82 Å². The molecule has 1 aliphatic rings. The van der Waals surface area contributed by atoms with Crippen molar-refractivity contribution in [1.82, 2.24) is 15.3 Å². The van der Waals surface area contributed by atoms with Crippen LogP contribution in [0.25, 0.3) is 0 Å². The molecule has 0 spiro atoms. The molecule has 1 aliphatic heterocycles. The topological polar surface area (TPSA) is 41.1 Å². The average Bonchev–Trinajstić information content (AvgIpc) is 2.38. The summed E-state index contributed by atoms with van der Waals surface area (Å²) in [5, 5.41) is 3.37. The number of hydrogen-bond acceptors (Lipinski definition) is 4. The summed E-state index contributed by atoms with van der Waals surface area (Å²) in [4.78, 5) is 11.3. The van der Waals surface area contributed by atoms with E-state index < -0.39 is 0 Å². The van der Waals surface area contributed by atoms with Crippen LogP contribution in [-0.2, 0) is 6.54 Å². The van der Waals surface area contributed by atoms with Crippen molar-refractivity contribution in [2.24, 2.45) is 0 Å². The van der Waals surface area contributed by atoms with E-state index in [0.717, 1.165) is 31.1 Å². The first kappa shape index (κ1) is 12.3. The van der Waals surface area contributed by atoms with Crippen LogP contribution in [0.4, 0.5) is 5.82 Å². The lowest BCUT2D eigenvalue weighted by Crippen LogP contribution is -2.31. The number of anilines is 1. The van der Waals surface area contributed by atoms with E-state index in [-0.39, 0.29) is 0 Å². The summed E-state index contributed by atoms with van der Waals surface area (Å²) in [5.41, 5.74) is 1.03. The van der Waals surface area contributed by atoms with Gasteiger partial charge >= 0.3 is 0 Å². The van der Waals surface area contributed by atoms with Crippen molar-refractivity contribution < 1.29 is 0 Å². The highest BCUT2D eigenvalue weighted by Crippen LogP contribution is 2.16. The van der Waals surface area contributed by atoms with Crippen molar-refractivity contribution >= 4 is 5.82 Å². The van der Waals surface area contributed by atoms with Crippen LogP contribution >= 0.6 is 0 Å². The van der Waals surface area contributed by atoms with Crippen LogP contribution < -0.4 is 10.2 Å². The van der Waals surface area contributed by atoms with Gasteiger partial charge in [-0.3, -0.25) is 4.98 Å². The van der Waals surface area contributed by atoms with Crippen LogP contribution in [0, 0.1) is 0 Å². The Morgan fingerprint density at radius 2 is 2.00 bits per heavy atom. The van der Waals surface area contributed by atoms with Gasteiger partial charge in [0, 0.05) is 31.9 Å². The first-order valence-electron chi connectivity index (χ1n) is 6.55. The zero-order valence-corrected chi connectivity index (χ0v) is 10.8. The molecule has 0 bridgehead atoms. The molecule has 1 saturated heterocycles. The summed E-state index contributed by atoms with van der Waals surface area (Å²) in [6.07, 6.45) is 7.62. The minimum atomic E-state index is 0.482. The number of hydrogen-bond donors (Lipinski definition) is 1. The molecule has 0 aromatic carbocycles. The molecule has 1 aromatic rings. The fourth-order valence-corrected chi connectivity index (χ4v) is 2.06. The third-order valence-electron chi connectivity index (χ3n) is 3.04. The van der Waals surface area contributed by atoms with Crippen molar-refractivity contribution in [2.45, 2.75) is 45.7 Å². The molecule has 17 heavy (non-hydrogen) atoms. The normalized spacial score (nSPS) is 16.5. The third kappa shape index (κ3) is 3.66. The fourth-order valence-electron chi connectivity index (χ4n) is 2.06. The lowest BCUT2D eigenvalue weighted by molar-refractivity contribution is 0.564. The second-order valence-corrected chi connectivity index (χ2v) is 4.95. The smallest absolute Gasteiger partial charge is 0.147 e. The Balaban J connectivity index is 2.00. The maximum absolute atomic E-state index is 4.67. The van der Waals surface area contributed by atoms with Gasteiger partial charge in [-0.2, -0.15) is 0 Å². The van der Waals surface area contributed by atoms with Gasteiger partial charge in [0.05, 0.1) is 11.9 Å². The molecule has 2 heterocycles. The molecule has 0 radical (unpaired) electrons. The minimum absolute atomic E-state index is 0.482. The summed E-state index contributed by atoms with van der Waals surface area (Å²) < 4.78 is 0. The van der Waals surface area contributed by atoms with Gasteiger partial charge in [0.25, 0.3) is 0 Å². The van der Waals surface area contributed by atoms with Crippen LogP contribution in [0.3, 0.4) is 0 Å². The second-order valence-electron chi connectivity index (χ2n) is 4.95. The number of rotatable bonds is 4. The molecule has 0 saturated carbocycles. The van der Waals surface area contributed by atoms with E-state index in [1.54, 1.807) is 0 Å². The summed E-state index contributed by atoms with van der Waals surface area (Å²) in [7, 11) is 0. The van der Waals surface area contributed by atoms with Gasteiger partial charge in [-0.25, -0.2) is 4.98 Å². The monoisotopic (exact) mass is 234 g/mol. The molecule has 0 aliphatic carbocycles. The zero-order valence-electron chi connectivity index (χ0n) is 10.8. The van der Waals surface area contributed by atoms with Crippen LogP contribution in [0.5, 0.6) is 0 Å². The van der Waals surface area contributed by atoms with Gasteiger partial charge < -0.3 is 10.2 Å². The highest BCUT2D eigenvalue weighted by atomic mass is 15.2. The Hall–Kier alpha value is -1.16. The third-order valence-corrected chi connectivity index (χ3v) is 3.04.